The Bertz CT molecular complexity index is 295. The van der Waals surface area contributed by atoms with Gasteiger partial charge in [-0.1, -0.05) is 39.0 Å². The van der Waals surface area contributed by atoms with Gasteiger partial charge in [0.25, 0.3) is 0 Å². The zero-order chi connectivity index (χ0) is 12.7. The summed E-state index contributed by atoms with van der Waals surface area (Å²) in [6.07, 6.45) is 0. The fourth-order valence-electron chi connectivity index (χ4n) is 2.04. The summed E-state index contributed by atoms with van der Waals surface area (Å²) < 4.78 is 0. The number of nitrogens with zero attached hydrogens (tertiary/aromatic N) is 1. The lowest BCUT2D eigenvalue weighted by Gasteiger charge is -2.29. The predicted molar refractivity (Wildman–Crippen MR) is 76.5 cm³/mol. The molecule has 0 aliphatic rings. The van der Waals surface area contributed by atoms with Gasteiger partial charge in [0.15, 0.2) is 0 Å². The molecule has 1 aromatic carbocycles. The van der Waals surface area contributed by atoms with Gasteiger partial charge in [0.05, 0.1) is 0 Å². The van der Waals surface area contributed by atoms with Gasteiger partial charge in [-0.15, -0.1) is 0 Å². The Kier molecular flexibility index (Phi) is 6.06. The Hall–Kier alpha value is -1.02. The summed E-state index contributed by atoms with van der Waals surface area (Å²) in [5, 5.41) is 3.49. The van der Waals surface area contributed by atoms with Crippen molar-refractivity contribution >= 4 is 5.69 Å². The number of likely N-dealkylation sites (N-methyl/N-ethyl adjacent to an activating group) is 1. The fraction of sp³-hybridized carbons (Fsp3) is 0.600. The Morgan fingerprint density at radius 1 is 1.12 bits per heavy atom. The average molecular weight is 234 g/mol. The molecule has 1 rings (SSSR count). The molecule has 1 unspecified atom stereocenters. The van der Waals surface area contributed by atoms with Crippen LogP contribution in [0.15, 0.2) is 30.3 Å². The standard InChI is InChI=1S/C15H26N2/c1-5-17(12-13(2)3)14(4)11-16-15-9-7-6-8-10-15/h6-10,13-14,16H,5,11-12H2,1-4H3. The van der Waals surface area contributed by atoms with E-state index in [2.05, 4.69) is 62.2 Å². The second-order valence-corrected chi connectivity index (χ2v) is 5.08. The second-order valence-electron chi connectivity index (χ2n) is 5.08. The molecule has 0 amide bonds. The molecule has 0 aliphatic heterocycles. The van der Waals surface area contributed by atoms with Crippen LogP contribution in [-0.4, -0.2) is 30.6 Å². The number of nitrogens with one attached hydrogen (secondary N) is 1. The van der Waals surface area contributed by atoms with Gasteiger partial charge in [0, 0.05) is 24.8 Å². The van der Waals surface area contributed by atoms with E-state index in [1.54, 1.807) is 0 Å². The smallest absolute Gasteiger partial charge is 0.0340 e. The molecule has 2 heteroatoms. The van der Waals surface area contributed by atoms with Crippen LogP contribution >= 0.6 is 0 Å². The number of benzene rings is 1. The summed E-state index contributed by atoms with van der Waals surface area (Å²) in [6, 6.07) is 11.0. The van der Waals surface area contributed by atoms with Crippen LogP contribution in [0.4, 0.5) is 5.69 Å². The first-order chi connectivity index (χ1) is 8.13. The summed E-state index contributed by atoms with van der Waals surface area (Å²) in [7, 11) is 0. The van der Waals surface area contributed by atoms with E-state index < -0.39 is 0 Å². The van der Waals surface area contributed by atoms with Crippen LogP contribution in [0.2, 0.25) is 0 Å². The minimum Gasteiger partial charge on any atom is -0.383 e. The van der Waals surface area contributed by atoms with Crippen LogP contribution in [-0.2, 0) is 0 Å². The van der Waals surface area contributed by atoms with E-state index >= 15 is 0 Å². The van der Waals surface area contributed by atoms with E-state index in [9.17, 15) is 0 Å². The summed E-state index contributed by atoms with van der Waals surface area (Å²) in [5.41, 5.74) is 1.21. The molecule has 0 saturated carbocycles. The zero-order valence-corrected chi connectivity index (χ0v) is 11.6. The SMILES string of the molecule is CCN(CC(C)C)C(C)CNc1ccccc1. The van der Waals surface area contributed by atoms with Crippen molar-refractivity contribution in [2.45, 2.75) is 33.7 Å². The fourth-order valence-corrected chi connectivity index (χ4v) is 2.04. The third-order valence-electron chi connectivity index (χ3n) is 3.00. The van der Waals surface area contributed by atoms with Gasteiger partial charge in [-0.2, -0.15) is 0 Å². The maximum absolute atomic E-state index is 3.49. The highest BCUT2D eigenvalue weighted by atomic mass is 15.2. The normalized spacial score (nSPS) is 13.1. The lowest BCUT2D eigenvalue weighted by molar-refractivity contribution is 0.203. The van der Waals surface area contributed by atoms with Gasteiger partial charge in [-0.25, -0.2) is 0 Å². The summed E-state index contributed by atoms with van der Waals surface area (Å²) in [4.78, 5) is 2.53. The molecule has 2 nitrogen and oxygen atoms in total. The van der Waals surface area contributed by atoms with Crippen molar-refractivity contribution in [3.63, 3.8) is 0 Å². The third-order valence-corrected chi connectivity index (χ3v) is 3.00. The highest BCUT2D eigenvalue weighted by Gasteiger charge is 2.12. The van der Waals surface area contributed by atoms with Crippen molar-refractivity contribution in [3.05, 3.63) is 30.3 Å². The summed E-state index contributed by atoms with van der Waals surface area (Å²) in [6.45, 7) is 12.4. The first-order valence-corrected chi connectivity index (χ1v) is 6.66. The Balaban J connectivity index is 2.39. The maximum Gasteiger partial charge on any atom is 0.0340 e. The van der Waals surface area contributed by atoms with E-state index in [-0.39, 0.29) is 0 Å². The van der Waals surface area contributed by atoms with Crippen molar-refractivity contribution in [3.8, 4) is 0 Å². The summed E-state index contributed by atoms with van der Waals surface area (Å²) >= 11 is 0. The van der Waals surface area contributed by atoms with Gasteiger partial charge in [0.1, 0.15) is 0 Å². The van der Waals surface area contributed by atoms with E-state index in [0.717, 1.165) is 19.0 Å². The monoisotopic (exact) mass is 234 g/mol. The Labute approximate surface area is 106 Å². The van der Waals surface area contributed by atoms with Gasteiger partial charge in [-0.05, 0) is 31.5 Å². The van der Waals surface area contributed by atoms with E-state index in [4.69, 9.17) is 0 Å². The van der Waals surface area contributed by atoms with Crippen molar-refractivity contribution in [1.82, 2.24) is 4.90 Å². The molecule has 0 spiro atoms. The molecular weight excluding hydrogens is 208 g/mol. The largest absolute Gasteiger partial charge is 0.383 e. The van der Waals surface area contributed by atoms with Crippen molar-refractivity contribution in [1.29, 1.82) is 0 Å². The van der Waals surface area contributed by atoms with Crippen LogP contribution in [0.3, 0.4) is 0 Å². The van der Waals surface area contributed by atoms with Crippen LogP contribution in [0.1, 0.15) is 27.7 Å². The minimum atomic E-state index is 0.572. The minimum absolute atomic E-state index is 0.572. The number of anilines is 1. The van der Waals surface area contributed by atoms with Crippen LogP contribution in [0.25, 0.3) is 0 Å². The Morgan fingerprint density at radius 3 is 2.29 bits per heavy atom. The zero-order valence-electron chi connectivity index (χ0n) is 11.6. The first kappa shape index (κ1) is 14.0. The van der Waals surface area contributed by atoms with E-state index in [1.165, 1.54) is 12.2 Å². The first-order valence-electron chi connectivity index (χ1n) is 6.66. The van der Waals surface area contributed by atoms with E-state index in [0.29, 0.717) is 6.04 Å². The van der Waals surface area contributed by atoms with Gasteiger partial charge in [-0.3, -0.25) is 4.90 Å². The number of para-hydroxylation sites is 1. The molecule has 96 valence electrons. The molecule has 0 bridgehead atoms. The van der Waals surface area contributed by atoms with Crippen LogP contribution in [0, 0.1) is 5.92 Å². The quantitative estimate of drug-likeness (QED) is 0.777. The Morgan fingerprint density at radius 2 is 1.76 bits per heavy atom. The number of rotatable bonds is 7. The molecule has 0 aliphatic carbocycles. The highest BCUT2D eigenvalue weighted by Crippen LogP contribution is 2.08. The van der Waals surface area contributed by atoms with Crippen LogP contribution in [0.5, 0.6) is 0 Å². The van der Waals surface area contributed by atoms with E-state index in [1.807, 2.05) is 6.07 Å². The molecule has 0 heterocycles. The molecule has 0 aromatic heterocycles. The predicted octanol–water partition coefficient (Wildman–Crippen LogP) is 3.46. The van der Waals surface area contributed by atoms with Gasteiger partial charge in [0.2, 0.25) is 0 Å². The number of hydrogen-bond acceptors (Lipinski definition) is 2. The number of hydrogen-bond donors (Lipinski definition) is 1. The molecule has 1 N–H and O–H groups in total. The van der Waals surface area contributed by atoms with Crippen molar-refractivity contribution < 1.29 is 0 Å². The maximum atomic E-state index is 3.49. The van der Waals surface area contributed by atoms with Crippen LogP contribution < -0.4 is 5.32 Å². The molecule has 1 atom stereocenters. The molecular formula is C15H26N2. The molecule has 0 radical (unpaired) electrons. The molecule has 0 fully saturated rings. The molecule has 17 heavy (non-hydrogen) atoms. The second kappa shape index (κ2) is 7.33. The summed E-state index contributed by atoms with van der Waals surface area (Å²) in [5.74, 6) is 0.731. The topological polar surface area (TPSA) is 15.3 Å². The third kappa shape index (κ3) is 5.22. The van der Waals surface area contributed by atoms with Gasteiger partial charge < -0.3 is 5.32 Å². The molecule has 1 aromatic rings. The lowest BCUT2D eigenvalue weighted by Crippen LogP contribution is -2.40. The average Bonchev–Trinajstić information content (AvgIpc) is 2.34. The van der Waals surface area contributed by atoms with Crippen molar-refractivity contribution in [2.75, 3.05) is 25.0 Å². The molecule has 0 saturated heterocycles. The highest BCUT2D eigenvalue weighted by molar-refractivity contribution is 5.42. The lowest BCUT2D eigenvalue weighted by atomic mass is 10.1. The van der Waals surface area contributed by atoms with Crippen molar-refractivity contribution in [2.24, 2.45) is 5.92 Å². The van der Waals surface area contributed by atoms with Gasteiger partial charge >= 0.3 is 0 Å².